The second-order valence-electron chi connectivity index (χ2n) is 3.10. The second kappa shape index (κ2) is 5.13. The van der Waals surface area contributed by atoms with Gasteiger partial charge in [-0.05, 0) is 12.1 Å². The van der Waals surface area contributed by atoms with Gasteiger partial charge in [-0.2, -0.15) is 5.26 Å². The van der Waals surface area contributed by atoms with Gasteiger partial charge >= 0.3 is 0 Å². The molecular formula is C11H15N3. The van der Waals surface area contributed by atoms with Crippen molar-refractivity contribution in [2.45, 2.75) is 6.42 Å². The quantitative estimate of drug-likeness (QED) is 0.788. The zero-order valence-electron chi connectivity index (χ0n) is 8.62. The van der Waals surface area contributed by atoms with E-state index in [4.69, 9.17) is 5.26 Å². The van der Waals surface area contributed by atoms with Crippen molar-refractivity contribution in [3.05, 3.63) is 24.3 Å². The second-order valence-corrected chi connectivity index (χ2v) is 3.10. The summed E-state index contributed by atoms with van der Waals surface area (Å²) in [5.74, 6) is 0. The van der Waals surface area contributed by atoms with Gasteiger partial charge in [0, 0.05) is 20.6 Å². The fraction of sp³-hybridized carbons (Fsp3) is 0.364. The standard InChI is InChI=1S/C11H15N3/c1-13-10-6-3-4-7-11(10)14(2)9-5-8-12/h3-4,6-7,13H,5,9H2,1-2H3. The summed E-state index contributed by atoms with van der Waals surface area (Å²) in [6.07, 6.45) is 0.550. The summed E-state index contributed by atoms with van der Waals surface area (Å²) in [4.78, 5) is 2.08. The SMILES string of the molecule is CNc1ccccc1N(C)CCC#N. The van der Waals surface area contributed by atoms with Gasteiger partial charge in [0.25, 0.3) is 0 Å². The van der Waals surface area contributed by atoms with Crippen molar-refractivity contribution in [1.82, 2.24) is 0 Å². The highest BCUT2D eigenvalue weighted by atomic mass is 15.1. The van der Waals surface area contributed by atoms with E-state index in [1.54, 1.807) is 0 Å². The summed E-state index contributed by atoms with van der Waals surface area (Å²) in [7, 11) is 3.89. The molecule has 0 aliphatic carbocycles. The molecule has 0 bridgehead atoms. The van der Waals surface area contributed by atoms with E-state index in [1.807, 2.05) is 38.4 Å². The summed E-state index contributed by atoms with van der Waals surface area (Å²) in [5.41, 5.74) is 2.22. The highest BCUT2D eigenvalue weighted by Crippen LogP contribution is 2.23. The number of hydrogen-bond acceptors (Lipinski definition) is 3. The van der Waals surface area contributed by atoms with Gasteiger partial charge in [0.05, 0.1) is 23.9 Å². The molecule has 74 valence electrons. The van der Waals surface area contributed by atoms with E-state index >= 15 is 0 Å². The molecule has 0 saturated carbocycles. The van der Waals surface area contributed by atoms with Crippen molar-refractivity contribution in [3.63, 3.8) is 0 Å². The Morgan fingerprint density at radius 2 is 2.14 bits per heavy atom. The fourth-order valence-corrected chi connectivity index (χ4v) is 1.36. The Morgan fingerprint density at radius 3 is 2.79 bits per heavy atom. The Hall–Kier alpha value is -1.69. The highest BCUT2D eigenvalue weighted by Gasteiger charge is 2.04. The predicted octanol–water partition coefficient (Wildman–Crippen LogP) is 2.08. The molecule has 0 amide bonds. The minimum absolute atomic E-state index is 0.550. The molecule has 0 atom stereocenters. The van der Waals surface area contributed by atoms with Crippen LogP contribution in [-0.4, -0.2) is 20.6 Å². The van der Waals surface area contributed by atoms with Crippen LogP contribution in [0.1, 0.15) is 6.42 Å². The topological polar surface area (TPSA) is 39.1 Å². The molecule has 1 rings (SSSR count). The van der Waals surface area contributed by atoms with Crippen LogP contribution in [0.2, 0.25) is 0 Å². The number of nitriles is 1. The number of para-hydroxylation sites is 2. The van der Waals surface area contributed by atoms with E-state index in [-0.39, 0.29) is 0 Å². The Morgan fingerprint density at radius 1 is 1.43 bits per heavy atom. The Labute approximate surface area is 85.0 Å². The third kappa shape index (κ3) is 2.40. The molecule has 0 saturated heterocycles. The predicted molar refractivity (Wildman–Crippen MR) is 59.5 cm³/mol. The first-order chi connectivity index (χ1) is 6.79. The summed E-state index contributed by atoms with van der Waals surface area (Å²) in [5, 5.41) is 11.6. The average molecular weight is 189 g/mol. The number of anilines is 2. The van der Waals surface area contributed by atoms with E-state index in [9.17, 15) is 0 Å². The molecule has 3 heteroatoms. The first-order valence-corrected chi connectivity index (χ1v) is 4.64. The molecule has 1 aromatic carbocycles. The molecule has 0 unspecified atom stereocenters. The molecule has 0 fully saturated rings. The Bertz CT molecular complexity index is 328. The fourth-order valence-electron chi connectivity index (χ4n) is 1.36. The van der Waals surface area contributed by atoms with Crippen LogP contribution in [0, 0.1) is 11.3 Å². The highest BCUT2D eigenvalue weighted by molar-refractivity contribution is 5.69. The van der Waals surface area contributed by atoms with Crippen molar-refractivity contribution < 1.29 is 0 Å². The molecule has 0 aliphatic rings. The van der Waals surface area contributed by atoms with E-state index < -0.39 is 0 Å². The van der Waals surface area contributed by atoms with Gasteiger partial charge in [-0.25, -0.2) is 0 Å². The normalized spacial score (nSPS) is 9.21. The van der Waals surface area contributed by atoms with Gasteiger partial charge < -0.3 is 10.2 Å². The van der Waals surface area contributed by atoms with Crippen molar-refractivity contribution in [2.75, 3.05) is 30.9 Å². The zero-order chi connectivity index (χ0) is 10.4. The van der Waals surface area contributed by atoms with E-state index in [0.29, 0.717) is 6.42 Å². The summed E-state index contributed by atoms with van der Waals surface area (Å²) < 4.78 is 0. The lowest BCUT2D eigenvalue weighted by Gasteiger charge is -2.20. The van der Waals surface area contributed by atoms with Crippen LogP contribution in [0.4, 0.5) is 11.4 Å². The van der Waals surface area contributed by atoms with Crippen LogP contribution in [0.5, 0.6) is 0 Å². The van der Waals surface area contributed by atoms with Crippen molar-refractivity contribution in [1.29, 1.82) is 5.26 Å². The first-order valence-electron chi connectivity index (χ1n) is 4.64. The Kier molecular flexibility index (Phi) is 3.81. The van der Waals surface area contributed by atoms with E-state index in [1.165, 1.54) is 0 Å². The van der Waals surface area contributed by atoms with Crippen molar-refractivity contribution >= 4 is 11.4 Å². The van der Waals surface area contributed by atoms with Crippen molar-refractivity contribution in [2.24, 2.45) is 0 Å². The molecule has 0 aliphatic heterocycles. The monoisotopic (exact) mass is 189 g/mol. The maximum atomic E-state index is 8.50. The Balaban J connectivity index is 2.78. The number of hydrogen-bond donors (Lipinski definition) is 1. The van der Waals surface area contributed by atoms with Crippen LogP contribution in [0.3, 0.4) is 0 Å². The smallest absolute Gasteiger partial charge is 0.0640 e. The first kappa shape index (κ1) is 10.4. The molecule has 0 spiro atoms. The van der Waals surface area contributed by atoms with Gasteiger partial charge in [0.15, 0.2) is 0 Å². The van der Waals surface area contributed by atoms with E-state index in [2.05, 4.69) is 16.3 Å². The molecule has 1 N–H and O–H groups in total. The van der Waals surface area contributed by atoms with Crippen LogP contribution < -0.4 is 10.2 Å². The lowest BCUT2D eigenvalue weighted by atomic mass is 10.2. The zero-order valence-corrected chi connectivity index (χ0v) is 8.62. The minimum atomic E-state index is 0.550. The molecule has 0 aromatic heterocycles. The van der Waals surface area contributed by atoms with Crippen LogP contribution in [0.15, 0.2) is 24.3 Å². The van der Waals surface area contributed by atoms with Crippen LogP contribution >= 0.6 is 0 Å². The lowest BCUT2D eigenvalue weighted by Crippen LogP contribution is -2.19. The number of benzene rings is 1. The molecule has 0 heterocycles. The van der Waals surface area contributed by atoms with Gasteiger partial charge in [0.1, 0.15) is 0 Å². The molecule has 14 heavy (non-hydrogen) atoms. The number of rotatable bonds is 4. The molecule has 3 nitrogen and oxygen atoms in total. The maximum absolute atomic E-state index is 8.50. The third-order valence-electron chi connectivity index (χ3n) is 2.14. The number of nitrogens with one attached hydrogen (secondary N) is 1. The number of nitrogens with zero attached hydrogens (tertiary/aromatic N) is 2. The third-order valence-corrected chi connectivity index (χ3v) is 2.14. The van der Waals surface area contributed by atoms with Crippen LogP contribution in [0.25, 0.3) is 0 Å². The lowest BCUT2D eigenvalue weighted by molar-refractivity contribution is 0.906. The van der Waals surface area contributed by atoms with Gasteiger partial charge in [-0.15, -0.1) is 0 Å². The minimum Gasteiger partial charge on any atom is -0.386 e. The summed E-state index contributed by atoms with van der Waals surface area (Å²) in [6, 6.07) is 10.2. The van der Waals surface area contributed by atoms with Crippen molar-refractivity contribution in [3.8, 4) is 6.07 Å². The van der Waals surface area contributed by atoms with E-state index in [0.717, 1.165) is 17.9 Å². The van der Waals surface area contributed by atoms with Gasteiger partial charge in [-0.3, -0.25) is 0 Å². The summed E-state index contributed by atoms with van der Waals surface area (Å²) >= 11 is 0. The largest absolute Gasteiger partial charge is 0.386 e. The molecule has 0 radical (unpaired) electrons. The van der Waals surface area contributed by atoms with Gasteiger partial charge in [-0.1, -0.05) is 12.1 Å². The van der Waals surface area contributed by atoms with Gasteiger partial charge in [0.2, 0.25) is 0 Å². The maximum Gasteiger partial charge on any atom is 0.0640 e. The summed E-state index contributed by atoms with van der Waals surface area (Å²) in [6.45, 7) is 0.759. The average Bonchev–Trinajstić information content (AvgIpc) is 2.25. The molecular weight excluding hydrogens is 174 g/mol. The molecule has 1 aromatic rings. The van der Waals surface area contributed by atoms with Crippen LogP contribution in [-0.2, 0) is 0 Å².